The summed E-state index contributed by atoms with van der Waals surface area (Å²) in [5.74, 6) is -0.249. The van der Waals surface area contributed by atoms with Gasteiger partial charge in [0.2, 0.25) is 0 Å². The molecule has 0 aliphatic carbocycles. The van der Waals surface area contributed by atoms with Gasteiger partial charge in [-0.25, -0.2) is 9.37 Å². The molecule has 2 aromatic heterocycles. The zero-order valence-corrected chi connectivity index (χ0v) is 8.34. The van der Waals surface area contributed by atoms with Crippen LogP contribution in [-0.4, -0.2) is 14.4 Å². The van der Waals surface area contributed by atoms with Crippen LogP contribution in [0.25, 0.3) is 16.9 Å². The number of nitrogens with zero attached hydrogens (tertiary/aromatic N) is 3. The van der Waals surface area contributed by atoms with Crippen LogP contribution in [0, 0.1) is 5.82 Å². The topological polar surface area (TPSA) is 30.2 Å². The molecule has 0 atom stereocenters. The lowest BCUT2D eigenvalue weighted by Crippen LogP contribution is -1.88. The molecule has 0 saturated carbocycles. The lowest BCUT2D eigenvalue weighted by Gasteiger charge is -2.00. The number of hydrogen-bond donors (Lipinski definition) is 0. The van der Waals surface area contributed by atoms with Crippen LogP contribution in [0.4, 0.5) is 4.39 Å². The first-order valence-electron chi connectivity index (χ1n) is 4.87. The minimum atomic E-state index is -0.249. The quantitative estimate of drug-likeness (QED) is 0.621. The van der Waals surface area contributed by atoms with Crippen molar-refractivity contribution in [2.24, 2.45) is 0 Å². The maximum atomic E-state index is 13.1. The zero-order chi connectivity index (χ0) is 11.0. The molecule has 2 heterocycles. The van der Waals surface area contributed by atoms with Crippen molar-refractivity contribution in [3.8, 4) is 11.3 Å². The smallest absolute Gasteiger partial charge is 0.155 e. The molecule has 0 aliphatic rings. The summed E-state index contributed by atoms with van der Waals surface area (Å²) in [6, 6.07) is 6.45. The minimum Gasteiger partial charge on any atom is -0.297 e. The number of rotatable bonds is 1. The molecular formula is C12H8FN3. The standard InChI is InChI=1S/C12H8FN3/c13-10-3-1-2-9(6-10)11-7-15-12-8-14-4-5-16(11)12/h1-8H. The van der Waals surface area contributed by atoms with E-state index in [1.807, 2.05) is 16.7 Å². The van der Waals surface area contributed by atoms with Crippen LogP contribution in [-0.2, 0) is 0 Å². The summed E-state index contributed by atoms with van der Waals surface area (Å²) in [5, 5.41) is 0. The van der Waals surface area contributed by atoms with Gasteiger partial charge in [-0.05, 0) is 12.1 Å². The third-order valence-electron chi connectivity index (χ3n) is 2.44. The van der Waals surface area contributed by atoms with Crippen molar-refractivity contribution in [2.45, 2.75) is 0 Å². The van der Waals surface area contributed by atoms with E-state index in [9.17, 15) is 4.39 Å². The zero-order valence-electron chi connectivity index (χ0n) is 8.34. The van der Waals surface area contributed by atoms with E-state index in [0.717, 1.165) is 16.9 Å². The second kappa shape index (κ2) is 3.41. The molecule has 0 N–H and O–H groups in total. The molecule has 3 nitrogen and oxygen atoms in total. The Labute approximate surface area is 91.2 Å². The van der Waals surface area contributed by atoms with E-state index >= 15 is 0 Å². The highest BCUT2D eigenvalue weighted by Crippen LogP contribution is 2.20. The van der Waals surface area contributed by atoms with Crippen molar-refractivity contribution in [1.82, 2.24) is 14.4 Å². The molecule has 16 heavy (non-hydrogen) atoms. The molecule has 0 saturated heterocycles. The molecule has 0 aliphatic heterocycles. The number of aromatic nitrogens is 3. The molecule has 0 bridgehead atoms. The van der Waals surface area contributed by atoms with Crippen molar-refractivity contribution >= 4 is 5.65 Å². The average molecular weight is 213 g/mol. The summed E-state index contributed by atoms with van der Waals surface area (Å²) < 4.78 is 15.0. The number of fused-ring (bicyclic) bond motifs is 1. The van der Waals surface area contributed by atoms with E-state index < -0.39 is 0 Å². The van der Waals surface area contributed by atoms with Gasteiger partial charge in [-0.15, -0.1) is 0 Å². The Bertz CT molecular complexity index is 645. The van der Waals surface area contributed by atoms with Crippen LogP contribution in [0.2, 0.25) is 0 Å². The summed E-state index contributed by atoms with van der Waals surface area (Å²) in [5.41, 5.74) is 2.41. The van der Waals surface area contributed by atoms with Gasteiger partial charge in [-0.2, -0.15) is 0 Å². The summed E-state index contributed by atoms with van der Waals surface area (Å²) in [7, 11) is 0. The highest BCUT2D eigenvalue weighted by atomic mass is 19.1. The monoisotopic (exact) mass is 213 g/mol. The van der Waals surface area contributed by atoms with E-state index in [0.29, 0.717) is 0 Å². The Hall–Kier alpha value is -2.23. The van der Waals surface area contributed by atoms with E-state index in [1.165, 1.54) is 12.1 Å². The van der Waals surface area contributed by atoms with Gasteiger partial charge >= 0.3 is 0 Å². The Morgan fingerprint density at radius 3 is 3.00 bits per heavy atom. The first kappa shape index (κ1) is 9.03. The van der Waals surface area contributed by atoms with Gasteiger partial charge in [0.15, 0.2) is 5.65 Å². The van der Waals surface area contributed by atoms with Crippen molar-refractivity contribution in [3.05, 3.63) is 54.9 Å². The molecule has 0 radical (unpaired) electrons. The van der Waals surface area contributed by atoms with Gasteiger partial charge in [0.05, 0.1) is 18.1 Å². The Morgan fingerprint density at radius 1 is 1.19 bits per heavy atom. The maximum absolute atomic E-state index is 13.1. The van der Waals surface area contributed by atoms with E-state index in [-0.39, 0.29) is 5.82 Å². The van der Waals surface area contributed by atoms with Crippen LogP contribution in [0.3, 0.4) is 0 Å². The fourth-order valence-electron chi connectivity index (χ4n) is 1.70. The second-order valence-electron chi connectivity index (χ2n) is 3.46. The fourth-order valence-corrected chi connectivity index (χ4v) is 1.70. The molecular weight excluding hydrogens is 205 g/mol. The van der Waals surface area contributed by atoms with Gasteiger partial charge in [-0.1, -0.05) is 12.1 Å². The van der Waals surface area contributed by atoms with Gasteiger partial charge in [0.25, 0.3) is 0 Å². The highest BCUT2D eigenvalue weighted by molar-refractivity contribution is 5.63. The predicted octanol–water partition coefficient (Wildman–Crippen LogP) is 2.54. The number of halogens is 1. The Balaban J connectivity index is 2.26. The number of benzene rings is 1. The minimum absolute atomic E-state index is 0.249. The number of hydrogen-bond acceptors (Lipinski definition) is 2. The fraction of sp³-hybridized carbons (Fsp3) is 0. The molecule has 3 aromatic rings. The van der Waals surface area contributed by atoms with Crippen LogP contribution in [0.1, 0.15) is 0 Å². The van der Waals surface area contributed by atoms with Gasteiger partial charge in [0, 0.05) is 18.0 Å². The first-order valence-corrected chi connectivity index (χ1v) is 4.87. The van der Waals surface area contributed by atoms with Gasteiger partial charge in [0.1, 0.15) is 5.82 Å². The van der Waals surface area contributed by atoms with Crippen LogP contribution in [0.5, 0.6) is 0 Å². The first-order chi connectivity index (χ1) is 7.84. The molecule has 3 rings (SSSR count). The molecule has 78 valence electrons. The third-order valence-corrected chi connectivity index (χ3v) is 2.44. The lowest BCUT2D eigenvalue weighted by atomic mass is 10.2. The van der Waals surface area contributed by atoms with Gasteiger partial charge in [-0.3, -0.25) is 9.38 Å². The van der Waals surface area contributed by atoms with E-state index in [1.54, 1.807) is 24.7 Å². The summed E-state index contributed by atoms with van der Waals surface area (Å²) in [4.78, 5) is 8.18. The van der Waals surface area contributed by atoms with Gasteiger partial charge < -0.3 is 0 Å². The van der Waals surface area contributed by atoms with Crippen molar-refractivity contribution in [1.29, 1.82) is 0 Å². The maximum Gasteiger partial charge on any atom is 0.155 e. The normalized spacial score (nSPS) is 10.8. The highest BCUT2D eigenvalue weighted by Gasteiger charge is 2.05. The Morgan fingerprint density at radius 2 is 2.12 bits per heavy atom. The van der Waals surface area contributed by atoms with E-state index in [4.69, 9.17) is 0 Å². The average Bonchev–Trinajstić information content (AvgIpc) is 2.72. The van der Waals surface area contributed by atoms with Crippen LogP contribution in [0.15, 0.2) is 49.1 Å². The van der Waals surface area contributed by atoms with Crippen molar-refractivity contribution in [2.75, 3.05) is 0 Å². The lowest BCUT2D eigenvalue weighted by molar-refractivity contribution is 0.628. The van der Waals surface area contributed by atoms with Crippen molar-refractivity contribution < 1.29 is 4.39 Å². The SMILES string of the molecule is Fc1cccc(-c2cnc3cnccn23)c1. The summed E-state index contributed by atoms with van der Waals surface area (Å²) in [6.45, 7) is 0. The molecule has 0 fully saturated rings. The number of imidazole rings is 1. The predicted molar refractivity (Wildman–Crippen MR) is 58.4 cm³/mol. The molecule has 0 amide bonds. The molecule has 1 aromatic carbocycles. The summed E-state index contributed by atoms with van der Waals surface area (Å²) in [6.07, 6.45) is 6.87. The molecule has 4 heteroatoms. The van der Waals surface area contributed by atoms with Crippen molar-refractivity contribution in [3.63, 3.8) is 0 Å². The molecule has 0 spiro atoms. The summed E-state index contributed by atoms with van der Waals surface area (Å²) >= 11 is 0. The second-order valence-corrected chi connectivity index (χ2v) is 3.46. The largest absolute Gasteiger partial charge is 0.297 e. The molecule has 0 unspecified atom stereocenters. The van der Waals surface area contributed by atoms with Crippen LogP contribution < -0.4 is 0 Å². The van der Waals surface area contributed by atoms with Crippen LogP contribution >= 0.6 is 0 Å². The van der Waals surface area contributed by atoms with E-state index in [2.05, 4.69) is 9.97 Å². The third kappa shape index (κ3) is 1.35. The Kier molecular flexibility index (Phi) is 1.93.